The number of amides is 1. The van der Waals surface area contributed by atoms with Gasteiger partial charge in [0.25, 0.3) is 0 Å². The number of rotatable bonds is 4. The summed E-state index contributed by atoms with van der Waals surface area (Å²) < 4.78 is 0. The van der Waals surface area contributed by atoms with Crippen molar-refractivity contribution in [3.05, 3.63) is 0 Å². The molecule has 0 atom stereocenters. The van der Waals surface area contributed by atoms with Gasteiger partial charge in [-0.3, -0.25) is 4.79 Å². The summed E-state index contributed by atoms with van der Waals surface area (Å²) in [6.45, 7) is 3.34. The molecule has 0 aromatic rings. The molecule has 0 bridgehead atoms. The number of nitrogens with one attached hydrogen (secondary N) is 1. The van der Waals surface area contributed by atoms with Crippen LogP contribution in [-0.4, -0.2) is 37.5 Å². The maximum absolute atomic E-state index is 11.1. The molecule has 0 saturated heterocycles. The molecule has 11 heavy (non-hydrogen) atoms. The van der Waals surface area contributed by atoms with Crippen LogP contribution in [0, 0.1) is 12.3 Å². The van der Waals surface area contributed by atoms with Gasteiger partial charge in [-0.1, -0.05) is 5.92 Å². The number of carbonyl (C=O) groups excluding carboxylic acids is 1. The molecule has 0 rings (SSSR count). The molecular formula is C8H14N2O. The summed E-state index contributed by atoms with van der Waals surface area (Å²) in [5, 5.41) is 2.78. The molecule has 1 amide bonds. The lowest BCUT2D eigenvalue weighted by molar-refractivity contribution is -0.129. The van der Waals surface area contributed by atoms with Crippen LogP contribution in [0.25, 0.3) is 0 Å². The van der Waals surface area contributed by atoms with E-state index in [-0.39, 0.29) is 5.91 Å². The Morgan fingerprint density at radius 2 is 2.36 bits per heavy atom. The fourth-order valence-corrected chi connectivity index (χ4v) is 0.750. The number of carbonyl (C=O) groups is 1. The highest BCUT2D eigenvalue weighted by molar-refractivity contribution is 5.78. The van der Waals surface area contributed by atoms with E-state index in [0.29, 0.717) is 19.6 Å². The highest BCUT2D eigenvalue weighted by atomic mass is 16.2. The lowest BCUT2D eigenvalue weighted by Gasteiger charge is -2.17. The summed E-state index contributed by atoms with van der Waals surface area (Å²) in [5.74, 6) is 2.48. The van der Waals surface area contributed by atoms with Crippen LogP contribution in [0.1, 0.15) is 6.92 Å². The molecule has 0 aromatic heterocycles. The first-order valence-corrected chi connectivity index (χ1v) is 3.62. The molecule has 0 unspecified atom stereocenters. The van der Waals surface area contributed by atoms with E-state index in [0.717, 1.165) is 0 Å². The molecule has 3 heteroatoms. The average Bonchev–Trinajstić information content (AvgIpc) is 2.00. The third kappa shape index (κ3) is 3.64. The van der Waals surface area contributed by atoms with Crippen LogP contribution >= 0.6 is 0 Å². The van der Waals surface area contributed by atoms with Gasteiger partial charge < -0.3 is 10.2 Å². The van der Waals surface area contributed by atoms with Gasteiger partial charge in [0.05, 0.1) is 13.1 Å². The van der Waals surface area contributed by atoms with Gasteiger partial charge in [-0.15, -0.1) is 6.42 Å². The second kappa shape index (κ2) is 5.75. The van der Waals surface area contributed by atoms with Crippen LogP contribution < -0.4 is 5.32 Å². The van der Waals surface area contributed by atoms with E-state index in [1.165, 1.54) is 0 Å². The third-order valence-electron chi connectivity index (χ3n) is 1.34. The van der Waals surface area contributed by atoms with Crippen LogP contribution in [0.4, 0.5) is 0 Å². The zero-order valence-corrected chi connectivity index (χ0v) is 7.05. The zero-order chi connectivity index (χ0) is 8.69. The van der Waals surface area contributed by atoms with Crippen molar-refractivity contribution < 1.29 is 4.79 Å². The van der Waals surface area contributed by atoms with Crippen LogP contribution in [0.5, 0.6) is 0 Å². The predicted octanol–water partition coefficient (Wildman–Crippen LogP) is -0.312. The van der Waals surface area contributed by atoms with E-state index >= 15 is 0 Å². The average molecular weight is 154 g/mol. The van der Waals surface area contributed by atoms with Crippen LogP contribution in [0.2, 0.25) is 0 Å². The quantitative estimate of drug-likeness (QED) is 0.563. The minimum absolute atomic E-state index is 0.0490. The Labute approximate surface area is 67.8 Å². The summed E-state index contributed by atoms with van der Waals surface area (Å²) in [6.07, 6.45) is 5.07. The van der Waals surface area contributed by atoms with Gasteiger partial charge in [-0.05, 0) is 14.0 Å². The first-order chi connectivity index (χ1) is 5.26. The van der Waals surface area contributed by atoms with Crippen LogP contribution in [-0.2, 0) is 4.79 Å². The van der Waals surface area contributed by atoms with Crippen molar-refractivity contribution in [1.82, 2.24) is 10.2 Å². The molecule has 0 fully saturated rings. The van der Waals surface area contributed by atoms with Gasteiger partial charge in [0.1, 0.15) is 0 Å². The van der Waals surface area contributed by atoms with Crippen molar-refractivity contribution in [3.63, 3.8) is 0 Å². The molecule has 62 valence electrons. The van der Waals surface area contributed by atoms with Crippen molar-refractivity contribution in [2.24, 2.45) is 0 Å². The molecule has 0 aliphatic carbocycles. The Morgan fingerprint density at radius 3 is 2.73 bits per heavy atom. The van der Waals surface area contributed by atoms with Gasteiger partial charge >= 0.3 is 0 Å². The SMILES string of the molecule is C#CCN(CC)C(=O)CNC. The Hall–Kier alpha value is -1.01. The highest BCUT2D eigenvalue weighted by Gasteiger charge is 2.07. The molecule has 0 aromatic carbocycles. The Bertz CT molecular complexity index is 160. The molecule has 0 saturated carbocycles. The summed E-state index contributed by atoms with van der Waals surface area (Å²) in [6, 6.07) is 0. The second-order valence-electron chi connectivity index (χ2n) is 2.14. The lowest BCUT2D eigenvalue weighted by atomic mass is 10.4. The summed E-state index contributed by atoms with van der Waals surface area (Å²) in [7, 11) is 1.74. The van der Waals surface area contributed by atoms with E-state index in [9.17, 15) is 4.79 Å². The first kappa shape index (κ1) is 9.99. The summed E-state index contributed by atoms with van der Waals surface area (Å²) >= 11 is 0. The monoisotopic (exact) mass is 154 g/mol. The number of hydrogen-bond donors (Lipinski definition) is 1. The summed E-state index contributed by atoms with van der Waals surface area (Å²) in [5.41, 5.74) is 0. The Morgan fingerprint density at radius 1 is 1.73 bits per heavy atom. The zero-order valence-electron chi connectivity index (χ0n) is 7.05. The van der Waals surface area contributed by atoms with E-state index < -0.39 is 0 Å². The molecule has 1 N–H and O–H groups in total. The normalized spacial score (nSPS) is 8.82. The fourth-order valence-electron chi connectivity index (χ4n) is 0.750. The predicted molar refractivity (Wildman–Crippen MR) is 45.0 cm³/mol. The number of nitrogens with zero attached hydrogens (tertiary/aromatic N) is 1. The van der Waals surface area contributed by atoms with E-state index in [1.54, 1.807) is 11.9 Å². The number of likely N-dealkylation sites (N-methyl/N-ethyl adjacent to an activating group) is 2. The van der Waals surface area contributed by atoms with Crippen molar-refractivity contribution in [1.29, 1.82) is 0 Å². The van der Waals surface area contributed by atoms with Gasteiger partial charge in [-0.2, -0.15) is 0 Å². The molecule has 3 nitrogen and oxygen atoms in total. The van der Waals surface area contributed by atoms with Gasteiger partial charge in [0.15, 0.2) is 0 Å². The molecule has 0 aliphatic heterocycles. The fraction of sp³-hybridized carbons (Fsp3) is 0.625. The maximum atomic E-state index is 11.1. The van der Waals surface area contributed by atoms with Gasteiger partial charge in [-0.25, -0.2) is 0 Å². The maximum Gasteiger partial charge on any atom is 0.237 e. The molecular weight excluding hydrogens is 140 g/mol. The minimum Gasteiger partial charge on any atom is -0.331 e. The Balaban J connectivity index is 3.83. The molecule has 0 aliphatic rings. The smallest absolute Gasteiger partial charge is 0.237 e. The van der Waals surface area contributed by atoms with Crippen molar-refractivity contribution in [3.8, 4) is 12.3 Å². The van der Waals surface area contributed by atoms with E-state index in [2.05, 4.69) is 11.2 Å². The van der Waals surface area contributed by atoms with E-state index in [4.69, 9.17) is 6.42 Å². The highest BCUT2D eigenvalue weighted by Crippen LogP contribution is 1.86. The van der Waals surface area contributed by atoms with E-state index in [1.807, 2.05) is 6.92 Å². The van der Waals surface area contributed by atoms with Crippen LogP contribution in [0.3, 0.4) is 0 Å². The Kier molecular flexibility index (Phi) is 5.22. The summed E-state index contributed by atoms with van der Waals surface area (Å²) in [4.78, 5) is 12.8. The van der Waals surface area contributed by atoms with Gasteiger partial charge in [0.2, 0.25) is 5.91 Å². The largest absolute Gasteiger partial charge is 0.331 e. The lowest BCUT2D eigenvalue weighted by Crippen LogP contribution is -2.37. The molecule has 0 radical (unpaired) electrons. The van der Waals surface area contributed by atoms with Gasteiger partial charge in [0, 0.05) is 6.54 Å². The third-order valence-corrected chi connectivity index (χ3v) is 1.34. The second-order valence-corrected chi connectivity index (χ2v) is 2.14. The van der Waals surface area contributed by atoms with Crippen molar-refractivity contribution >= 4 is 5.91 Å². The standard InChI is InChI=1S/C8H14N2O/c1-4-6-10(5-2)8(11)7-9-3/h1,9H,5-7H2,2-3H3. The first-order valence-electron chi connectivity index (χ1n) is 3.62. The number of hydrogen-bond acceptors (Lipinski definition) is 2. The van der Waals surface area contributed by atoms with Crippen molar-refractivity contribution in [2.45, 2.75) is 6.92 Å². The minimum atomic E-state index is 0.0490. The topological polar surface area (TPSA) is 32.3 Å². The number of terminal acetylenes is 1. The molecule has 0 spiro atoms. The molecule has 0 heterocycles. The van der Waals surface area contributed by atoms with Crippen molar-refractivity contribution in [2.75, 3.05) is 26.7 Å². The van der Waals surface area contributed by atoms with Crippen LogP contribution in [0.15, 0.2) is 0 Å².